The summed E-state index contributed by atoms with van der Waals surface area (Å²) < 4.78 is 7.04. The maximum atomic E-state index is 12.3. The van der Waals surface area contributed by atoms with Gasteiger partial charge in [-0.2, -0.15) is 5.10 Å². The van der Waals surface area contributed by atoms with Crippen molar-refractivity contribution in [2.45, 2.75) is 34.1 Å². The Morgan fingerprint density at radius 2 is 1.86 bits per heavy atom. The zero-order chi connectivity index (χ0) is 16.3. The molecule has 0 saturated heterocycles. The van der Waals surface area contributed by atoms with Crippen molar-refractivity contribution in [1.82, 2.24) is 9.78 Å². The van der Waals surface area contributed by atoms with Crippen molar-refractivity contribution in [2.24, 2.45) is 0 Å². The fourth-order valence-electron chi connectivity index (χ4n) is 2.58. The minimum atomic E-state index is -0.171. The topological polar surface area (TPSA) is 44.1 Å². The highest BCUT2D eigenvalue weighted by Gasteiger charge is 2.16. The quantitative estimate of drug-likeness (QED) is 0.793. The predicted molar refractivity (Wildman–Crippen MR) is 87.6 cm³/mol. The Labute approximate surface area is 131 Å². The molecule has 2 rings (SSSR count). The van der Waals surface area contributed by atoms with Crippen molar-refractivity contribution in [3.63, 3.8) is 0 Å². The maximum absolute atomic E-state index is 12.3. The van der Waals surface area contributed by atoms with E-state index in [1.807, 2.05) is 45.9 Å². The number of rotatable bonds is 5. The highest BCUT2D eigenvalue weighted by molar-refractivity contribution is 5.80. The molecule has 4 nitrogen and oxygen atoms in total. The first-order valence-corrected chi connectivity index (χ1v) is 7.32. The Bertz CT molecular complexity index is 694. The van der Waals surface area contributed by atoms with Crippen LogP contribution in [-0.4, -0.2) is 22.3 Å². The smallest absolute Gasteiger partial charge is 0.284 e. The van der Waals surface area contributed by atoms with Gasteiger partial charge < -0.3 is 4.74 Å². The molecular formula is C18H22N2O2. The third kappa shape index (κ3) is 3.45. The standard InChI is InChI=1S/C18H22N2O2/c1-6-7-17-14(4)19-20(15(17)5)18(21)11-22-16-9-12(2)8-13(3)10-16/h6,8-10H,1,7,11H2,2-5H3. The first-order chi connectivity index (χ1) is 10.4. The summed E-state index contributed by atoms with van der Waals surface area (Å²) in [4.78, 5) is 12.3. The highest BCUT2D eigenvalue weighted by Crippen LogP contribution is 2.17. The van der Waals surface area contributed by atoms with Crippen molar-refractivity contribution in [3.8, 4) is 5.75 Å². The van der Waals surface area contributed by atoms with Crippen LogP contribution in [0.25, 0.3) is 0 Å². The molecule has 0 atom stereocenters. The van der Waals surface area contributed by atoms with Crippen molar-refractivity contribution >= 4 is 5.91 Å². The first kappa shape index (κ1) is 16.0. The maximum Gasteiger partial charge on any atom is 0.284 e. The van der Waals surface area contributed by atoms with Gasteiger partial charge in [0, 0.05) is 11.3 Å². The van der Waals surface area contributed by atoms with Crippen molar-refractivity contribution in [2.75, 3.05) is 6.61 Å². The van der Waals surface area contributed by atoms with Crippen LogP contribution in [-0.2, 0) is 6.42 Å². The van der Waals surface area contributed by atoms with Gasteiger partial charge in [-0.1, -0.05) is 12.1 Å². The molecule has 22 heavy (non-hydrogen) atoms. The van der Waals surface area contributed by atoms with Crippen LogP contribution in [0, 0.1) is 27.7 Å². The van der Waals surface area contributed by atoms with Gasteiger partial charge in [-0.3, -0.25) is 4.79 Å². The molecule has 0 radical (unpaired) electrons. The molecule has 116 valence electrons. The molecule has 0 saturated carbocycles. The number of hydrogen-bond donors (Lipinski definition) is 0. The van der Waals surface area contributed by atoms with Crippen LogP contribution < -0.4 is 4.74 Å². The van der Waals surface area contributed by atoms with Crippen molar-refractivity contribution < 1.29 is 9.53 Å². The van der Waals surface area contributed by atoms with Crippen LogP contribution in [0.5, 0.6) is 5.75 Å². The number of allylic oxidation sites excluding steroid dienone is 1. The second-order valence-corrected chi connectivity index (χ2v) is 5.56. The lowest BCUT2D eigenvalue weighted by atomic mass is 10.1. The summed E-state index contributed by atoms with van der Waals surface area (Å²) >= 11 is 0. The third-order valence-corrected chi connectivity index (χ3v) is 3.58. The molecule has 4 heteroatoms. The summed E-state index contributed by atoms with van der Waals surface area (Å²) in [5.74, 6) is 0.536. The minimum Gasteiger partial charge on any atom is -0.484 e. The van der Waals surface area contributed by atoms with Crippen molar-refractivity contribution in [1.29, 1.82) is 0 Å². The lowest BCUT2D eigenvalue weighted by Crippen LogP contribution is -2.21. The highest BCUT2D eigenvalue weighted by atomic mass is 16.5. The summed E-state index contributed by atoms with van der Waals surface area (Å²) in [5, 5.41) is 4.32. The van der Waals surface area contributed by atoms with E-state index in [0.29, 0.717) is 12.2 Å². The number of nitrogens with zero attached hydrogens (tertiary/aromatic N) is 2. The molecule has 2 aromatic rings. The lowest BCUT2D eigenvalue weighted by Gasteiger charge is -2.08. The van der Waals surface area contributed by atoms with E-state index in [4.69, 9.17) is 4.74 Å². The average Bonchev–Trinajstić information content (AvgIpc) is 2.72. The number of hydrogen-bond acceptors (Lipinski definition) is 3. The van der Waals surface area contributed by atoms with Gasteiger partial charge in [0.15, 0.2) is 6.61 Å². The third-order valence-electron chi connectivity index (χ3n) is 3.58. The molecule has 0 bridgehead atoms. The summed E-state index contributed by atoms with van der Waals surface area (Å²) in [7, 11) is 0. The molecule has 0 aliphatic carbocycles. The number of benzene rings is 1. The van der Waals surface area contributed by atoms with Gasteiger partial charge in [-0.05, 0) is 57.4 Å². The van der Waals surface area contributed by atoms with Crippen LogP contribution in [0.4, 0.5) is 0 Å². The van der Waals surface area contributed by atoms with Gasteiger partial charge in [-0.15, -0.1) is 6.58 Å². The Balaban J connectivity index is 2.12. The van der Waals surface area contributed by atoms with Gasteiger partial charge in [0.1, 0.15) is 5.75 Å². The van der Waals surface area contributed by atoms with Gasteiger partial charge in [0.25, 0.3) is 5.91 Å². The molecule has 1 aromatic carbocycles. The van der Waals surface area contributed by atoms with Crippen LogP contribution in [0.3, 0.4) is 0 Å². The molecule has 0 aliphatic rings. The van der Waals surface area contributed by atoms with Gasteiger partial charge >= 0.3 is 0 Å². The molecule has 0 amide bonds. The minimum absolute atomic E-state index is 0.0294. The van der Waals surface area contributed by atoms with Gasteiger partial charge in [0.05, 0.1) is 5.69 Å². The molecular weight excluding hydrogens is 276 g/mol. The second-order valence-electron chi connectivity index (χ2n) is 5.56. The molecule has 1 heterocycles. The lowest BCUT2D eigenvalue weighted by molar-refractivity contribution is 0.0818. The number of aryl methyl sites for hydroxylation is 3. The molecule has 0 fully saturated rings. The zero-order valence-corrected chi connectivity index (χ0v) is 13.6. The van der Waals surface area contributed by atoms with E-state index in [9.17, 15) is 4.79 Å². The number of carbonyl (C=O) groups excluding carboxylic acids is 1. The van der Waals surface area contributed by atoms with E-state index in [0.717, 1.165) is 28.1 Å². The monoisotopic (exact) mass is 298 g/mol. The predicted octanol–water partition coefficient (Wildman–Crippen LogP) is 3.56. The Hall–Kier alpha value is -2.36. The van der Waals surface area contributed by atoms with E-state index >= 15 is 0 Å². The SMILES string of the molecule is C=CCc1c(C)nn(C(=O)COc2cc(C)cc(C)c2)c1C. The van der Waals surface area contributed by atoms with Crippen LogP contribution in [0.1, 0.15) is 32.9 Å². The van der Waals surface area contributed by atoms with E-state index in [2.05, 4.69) is 17.7 Å². The van der Waals surface area contributed by atoms with Gasteiger partial charge in [-0.25, -0.2) is 4.68 Å². The largest absolute Gasteiger partial charge is 0.484 e. The van der Waals surface area contributed by atoms with Gasteiger partial charge in [0.2, 0.25) is 0 Å². The van der Waals surface area contributed by atoms with E-state index in [1.165, 1.54) is 4.68 Å². The number of ether oxygens (including phenoxy) is 1. The van der Waals surface area contributed by atoms with Crippen LogP contribution in [0.15, 0.2) is 30.9 Å². The van der Waals surface area contributed by atoms with Crippen LogP contribution in [0.2, 0.25) is 0 Å². The fourth-order valence-corrected chi connectivity index (χ4v) is 2.58. The Morgan fingerprint density at radius 3 is 2.45 bits per heavy atom. The Kier molecular flexibility index (Phi) is 4.81. The van der Waals surface area contributed by atoms with Crippen LogP contribution >= 0.6 is 0 Å². The second kappa shape index (κ2) is 6.60. The fraction of sp³-hybridized carbons (Fsp3) is 0.333. The first-order valence-electron chi connectivity index (χ1n) is 7.32. The van der Waals surface area contributed by atoms with E-state index < -0.39 is 0 Å². The summed E-state index contributed by atoms with van der Waals surface area (Å²) in [6.07, 6.45) is 2.53. The van der Waals surface area contributed by atoms with Crippen molar-refractivity contribution in [3.05, 3.63) is 58.9 Å². The molecule has 0 spiro atoms. The van der Waals surface area contributed by atoms with E-state index in [1.54, 1.807) is 0 Å². The molecule has 0 N–H and O–H groups in total. The normalized spacial score (nSPS) is 10.5. The zero-order valence-electron chi connectivity index (χ0n) is 13.6. The van der Waals surface area contributed by atoms with E-state index in [-0.39, 0.29) is 12.5 Å². The summed E-state index contributed by atoms with van der Waals surface area (Å²) in [6, 6.07) is 5.91. The average molecular weight is 298 g/mol. The summed E-state index contributed by atoms with van der Waals surface area (Å²) in [6.45, 7) is 11.5. The number of aromatic nitrogens is 2. The Morgan fingerprint density at radius 1 is 1.23 bits per heavy atom. The molecule has 0 unspecified atom stereocenters. The summed E-state index contributed by atoms with van der Waals surface area (Å²) in [5.41, 5.74) is 4.99. The molecule has 1 aromatic heterocycles. The molecule has 0 aliphatic heterocycles. The number of carbonyl (C=O) groups is 1.